The fourth-order valence-electron chi connectivity index (χ4n) is 3.35. The van der Waals surface area contributed by atoms with Gasteiger partial charge in [0.1, 0.15) is 11.0 Å². The summed E-state index contributed by atoms with van der Waals surface area (Å²) < 4.78 is 11.1. The Hall–Kier alpha value is -3.58. The van der Waals surface area contributed by atoms with Gasteiger partial charge in [-0.2, -0.15) is 0 Å². The molecule has 0 saturated carbocycles. The molecule has 0 fully saturated rings. The number of hydrogen-bond acceptors (Lipinski definition) is 6. The van der Waals surface area contributed by atoms with Crippen molar-refractivity contribution in [2.45, 2.75) is 30.7 Å². The van der Waals surface area contributed by atoms with Crippen LogP contribution in [-0.2, 0) is 11.2 Å². The predicted octanol–water partition coefficient (Wildman–Crippen LogP) is 5.76. The molecule has 0 saturated heterocycles. The molecule has 0 spiro atoms. The smallest absolute Gasteiger partial charge is 0.277 e. The first-order valence-corrected chi connectivity index (χ1v) is 11.4. The number of anilines is 1. The van der Waals surface area contributed by atoms with Crippen molar-refractivity contribution in [3.63, 3.8) is 0 Å². The number of methoxy groups -OCH3 is 1. The Morgan fingerprint density at radius 3 is 2.52 bits per heavy atom. The van der Waals surface area contributed by atoms with Crippen LogP contribution in [0.25, 0.3) is 0 Å². The fourth-order valence-corrected chi connectivity index (χ4v) is 4.24. The number of amides is 1. The molecule has 0 aliphatic carbocycles. The first-order chi connectivity index (χ1) is 16.0. The van der Waals surface area contributed by atoms with Crippen molar-refractivity contribution in [3.05, 3.63) is 101 Å². The molecular weight excluding hydrogens is 434 g/mol. The number of aryl methyl sites for hydroxylation is 2. The standard InChI is InChI=1S/C26H25N3O3S/c1-17-9-10-18(2)22(15-17)27-25(30)24(20-7-5-4-6-8-20)33-26-29-28-23(32-26)16-19-11-13-21(31-3)14-12-19/h4-15,24H,16H2,1-3H3,(H,27,30)/t24-/m1/s1. The molecule has 168 valence electrons. The number of thioether (sulfide) groups is 1. The number of rotatable bonds is 8. The van der Waals surface area contributed by atoms with Gasteiger partial charge in [0.25, 0.3) is 5.22 Å². The van der Waals surface area contributed by atoms with Crippen LogP contribution in [0.2, 0.25) is 0 Å². The number of aromatic nitrogens is 2. The van der Waals surface area contributed by atoms with Crippen LogP contribution in [-0.4, -0.2) is 23.2 Å². The molecule has 0 radical (unpaired) electrons. The second kappa shape index (κ2) is 10.4. The normalized spacial score (nSPS) is 11.7. The minimum Gasteiger partial charge on any atom is -0.497 e. The quantitative estimate of drug-likeness (QED) is 0.338. The van der Waals surface area contributed by atoms with E-state index in [2.05, 4.69) is 15.5 Å². The van der Waals surface area contributed by atoms with Crippen LogP contribution in [0.4, 0.5) is 5.69 Å². The van der Waals surface area contributed by atoms with E-state index >= 15 is 0 Å². The molecule has 1 N–H and O–H groups in total. The molecule has 1 atom stereocenters. The van der Waals surface area contributed by atoms with Crippen LogP contribution >= 0.6 is 11.8 Å². The highest BCUT2D eigenvalue weighted by atomic mass is 32.2. The third kappa shape index (κ3) is 5.81. The summed E-state index contributed by atoms with van der Waals surface area (Å²) in [6.07, 6.45) is 0.502. The van der Waals surface area contributed by atoms with E-state index in [1.54, 1.807) is 7.11 Å². The number of nitrogens with zero attached hydrogens (tertiary/aromatic N) is 2. The molecule has 33 heavy (non-hydrogen) atoms. The number of ether oxygens (including phenoxy) is 1. The third-order valence-electron chi connectivity index (χ3n) is 5.17. The lowest BCUT2D eigenvalue weighted by atomic mass is 10.1. The van der Waals surface area contributed by atoms with Gasteiger partial charge in [-0.05, 0) is 66.1 Å². The number of benzene rings is 3. The Kier molecular flexibility index (Phi) is 7.10. The van der Waals surface area contributed by atoms with Gasteiger partial charge >= 0.3 is 0 Å². The van der Waals surface area contributed by atoms with E-state index in [1.807, 2.05) is 86.6 Å². The van der Waals surface area contributed by atoms with Crippen molar-refractivity contribution in [2.24, 2.45) is 0 Å². The highest BCUT2D eigenvalue weighted by Gasteiger charge is 2.25. The zero-order chi connectivity index (χ0) is 23.2. The van der Waals surface area contributed by atoms with Crippen LogP contribution < -0.4 is 10.1 Å². The van der Waals surface area contributed by atoms with E-state index in [-0.39, 0.29) is 5.91 Å². The minimum absolute atomic E-state index is 0.144. The first kappa shape index (κ1) is 22.6. The Morgan fingerprint density at radius 1 is 1.03 bits per heavy atom. The maximum absolute atomic E-state index is 13.3. The molecule has 0 aliphatic heterocycles. The molecule has 0 unspecified atom stereocenters. The van der Waals surface area contributed by atoms with E-state index in [0.717, 1.165) is 33.7 Å². The van der Waals surface area contributed by atoms with Crippen molar-refractivity contribution in [1.29, 1.82) is 0 Å². The summed E-state index contributed by atoms with van der Waals surface area (Å²) in [5, 5.41) is 11.2. The number of carbonyl (C=O) groups is 1. The van der Waals surface area contributed by atoms with Crippen molar-refractivity contribution >= 4 is 23.4 Å². The van der Waals surface area contributed by atoms with Crippen molar-refractivity contribution in [3.8, 4) is 5.75 Å². The van der Waals surface area contributed by atoms with Crippen molar-refractivity contribution in [2.75, 3.05) is 12.4 Å². The minimum atomic E-state index is -0.541. The van der Waals surface area contributed by atoms with E-state index in [0.29, 0.717) is 17.5 Å². The van der Waals surface area contributed by atoms with Gasteiger partial charge in [-0.15, -0.1) is 10.2 Å². The highest BCUT2D eigenvalue weighted by Crippen LogP contribution is 2.36. The predicted molar refractivity (Wildman–Crippen MR) is 130 cm³/mol. The van der Waals surface area contributed by atoms with Crippen LogP contribution in [0.15, 0.2) is 82.4 Å². The molecule has 6 nitrogen and oxygen atoms in total. The fraction of sp³-hybridized carbons (Fsp3) is 0.192. The average molecular weight is 460 g/mol. The van der Waals surface area contributed by atoms with Gasteiger partial charge in [-0.1, -0.05) is 54.6 Å². The van der Waals surface area contributed by atoms with Crippen LogP contribution in [0.5, 0.6) is 5.75 Å². The van der Waals surface area contributed by atoms with Gasteiger partial charge in [-0.3, -0.25) is 4.79 Å². The first-order valence-electron chi connectivity index (χ1n) is 10.6. The molecule has 1 heterocycles. The zero-order valence-electron chi connectivity index (χ0n) is 18.7. The van der Waals surface area contributed by atoms with E-state index in [9.17, 15) is 4.79 Å². The van der Waals surface area contributed by atoms with E-state index in [1.165, 1.54) is 11.8 Å². The summed E-state index contributed by atoms with van der Waals surface area (Å²) in [4.78, 5) is 13.3. The zero-order valence-corrected chi connectivity index (χ0v) is 19.6. The lowest BCUT2D eigenvalue weighted by molar-refractivity contribution is -0.115. The van der Waals surface area contributed by atoms with Gasteiger partial charge < -0.3 is 14.5 Å². The van der Waals surface area contributed by atoms with Crippen molar-refractivity contribution in [1.82, 2.24) is 10.2 Å². The third-order valence-corrected chi connectivity index (χ3v) is 6.26. The number of nitrogens with one attached hydrogen (secondary N) is 1. The van der Waals surface area contributed by atoms with Crippen LogP contribution in [0.3, 0.4) is 0 Å². The molecule has 1 aromatic heterocycles. The molecule has 0 bridgehead atoms. The van der Waals surface area contributed by atoms with E-state index in [4.69, 9.17) is 9.15 Å². The van der Waals surface area contributed by atoms with Crippen LogP contribution in [0.1, 0.15) is 33.4 Å². The molecule has 3 aromatic carbocycles. The molecule has 4 rings (SSSR count). The summed E-state index contributed by atoms with van der Waals surface area (Å²) >= 11 is 1.24. The number of carbonyl (C=O) groups excluding carboxylic acids is 1. The monoisotopic (exact) mass is 459 g/mol. The highest BCUT2D eigenvalue weighted by molar-refractivity contribution is 8.00. The summed E-state index contributed by atoms with van der Waals surface area (Å²) in [5.41, 5.74) is 4.78. The lowest BCUT2D eigenvalue weighted by Gasteiger charge is -2.16. The largest absolute Gasteiger partial charge is 0.497 e. The maximum atomic E-state index is 13.3. The molecule has 0 aliphatic rings. The van der Waals surface area contributed by atoms with Gasteiger partial charge in [0, 0.05) is 5.69 Å². The summed E-state index contributed by atoms with van der Waals surface area (Å²) in [6.45, 7) is 3.98. The Labute approximate surface area is 197 Å². The average Bonchev–Trinajstić information content (AvgIpc) is 3.27. The van der Waals surface area contributed by atoms with Gasteiger partial charge in [0.05, 0.1) is 13.5 Å². The summed E-state index contributed by atoms with van der Waals surface area (Å²) in [7, 11) is 1.64. The van der Waals surface area contributed by atoms with Gasteiger partial charge in [0.15, 0.2) is 0 Å². The molecular formula is C26H25N3O3S. The number of hydrogen-bond donors (Lipinski definition) is 1. The Bertz CT molecular complexity index is 1220. The van der Waals surface area contributed by atoms with Gasteiger partial charge in [0.2, 0.25) is 11.8 Å². The second-order valence-electron chi connectivity index (χ2n) is 7.70. The second-order valence-corrected chi connectivity index (χ2v) is 8.76. The summed E-state index contributed by atoms with van der Waals surface area (Å²) in [6, 6.07) is 23.3. The SMILES string of the molecule is COc1ccc(Cc2nnc(S[C@@H](C(=O)Nc3cc(C)ccc3C)c3ccccc3)o2)cc1. The lowest BCUT2D eigenvalue weighted by Crippen LogP contribution is -2.19. The van der Waals surface area contributed by atoms with Crippen LogP contribution in [0, 0.1) is 13.8 Å². The van der Waals surface area contributed by atoms with E-state index < -0.39 is 5.25 Å². The summed E-state index contributed by atoms with van der Waals surface area (Å²) in [5.74, 6) is 1.14. The van der Waals surface area contributed by atoms with Crippen molar-refractivity contribution < 1.29 is 13.9 Å². The van der Waals surface area contributed by atoms with Gasteiger partial charge in [-0.25, -0.2) is 0 Å². The molecule has 4 aromatic rings. The molecule has 1 amide bonds. The maximum Gasteiger partial charge on any atom is 0.277 e. The Morgan fingerprint density at radius 2 is 1.79 bits per heavy atom. The Balaban J connectivity index is 1.52. The molecule has 7 heteroatoms. The topological polar surface area (TPSA) is 77.2 Å².